The van der Waals surface area contributed by atoms with Gasteiger partial charge in [-0.1, -0.05) is 11.6 Å². The van der Waals surface area contributed by atoms with E-state index in [2.05, 4.69) is 5.32 Å². The molecule has 1 N–H and O–H groups in total. The van der Waals surface area contributed by atoms with Crippen LogP contribution in [0.2, 0.25) is 4.34 Å². The first kappa shape index (κ1) is 14.0. The Hall–Kier alpha value is -1.46. The molecule has 1 aromatic heterocycles. The summed E-state index contributed by atoms with van der Waals surface area (Å²) in [5, 5.41) is 2.64. The van der Waals surface area contributed by atoms with Crippen molar-refractivity contribution in [2.24, 2.45) is 0 Å². The van der Waals surface area contributed by atoms with Gasteiger partial charge >= 0.3 is 0 Å². The summed E-state index contributed by atoms with van der Waals surface area (Å²) in [6.07, 6.45) is 0. The number of carbonyl (C=O) groups excluding carboxylic acids is 1. The molecule has 0 saturated carbocycles. The van der Waals surface area contributed by atoms with Gasteiger partial charge in [-0.25, -0.2) is 8.78 Å². The average molecular weight is 302 g/mol. The highest BCUT2D eigenvalue weighted by molar-refractivity contribution is 7.16. The van der Waals surface area contributed by atoms with Crippen LogP contribution < -0.4 is 5.32 Å². The minimum absolute atomic E-state index is 0.184. The van der Waals surface area contributed by atoms with E-state index < -0.39 is 17.5 Å². The Labute approximate surface area is 118 Å². The van der Waals surface area contributed by atoms with Gasteiger partial charge in [0.2, 0.25) is 0 Å². The maximum atomic E-state index is 13.4. The molecule has 0 aliphatic carbocycles. The SMILES string of the molecule is C[C@@H](NC(=O)c1ccc(F)cc1F)c1ccc(Cl)s1. The molecule has 0 saturated heterocycles. The van der Waals surface area contributed by atoms with Crippen molar-refractivity contribution in [1.82, 2.24) is 5.32 Å². The number of hydrogen-bond acceptors (Lipinski definition) is 2. The fraction of sp³-hybridized carbons (Fsp3) is 0.154. The van der Waals surface area contributed by atoms with Crippen molar-refractivity contribution in [2.75, 3.05) is 0 Å². The van der Waals surface area contributed by atoms with Crippen molar-refractivity contribution < 1.29 is 13.6 Å². The molecule has 0 spiro atoms. The number of benzene rings is 1. The van der Waals surface area contributed by atoms with Gasteiger partial charge in [0.25, 0.3) is 5.91 Å². The third kappa shape index (κ3) is 3.30. The van der Waals surface area contributed by atoms with Gasteiger partial charge in [-0.2, -0.15) is 0 Å². The molecule has 2 nitrogen and oxygen atoms in total. The third-order valence-electron chi connectivity index (χ3n) is 2.54. The average Bonchev–Trinajstić information content (AvgIpc) is 2.75. The van der Waals surface area contributed by atoms with Crippen LogP contribution in [0.4, 0.5) is 8.78 Å². The van der Waals surface area contributed by atoms with Crippen molar-refractivity contribution in [3.63, 3.8) is 0 Å². The largest absolute Gasteiger partial charge is 0.345 e. The van der Waals surface area contributed by atoms with Gasteiger partial charge in [0, 0.05) is 10.9 Å². The smallest absolute Gasteiger partial charge is 0.254 e. The van der Waals surface area contributed by atoms with Gasteiger partial charge in [0.15, 0.2) is 0 Å². The molecule has 0 radical (unpaired) electrons. The second-order valence-corrected chi connectivity index (χ2v) is 5.71. The Morgan fingerprint density at radius 1 is 1.32 bits per heavy atom. The fourth-order valence-corrected chi connectivity index (χ4v) is 2.64. The van der Waals surface area contributed by atoms with Crippen molar-refractivity contribution in [2.45, 2.75) is 13.0 Å². The maximum Gasteiger partial charge on any atom is 0.254 e. The van der Waals surface area contributed by atoms with E-state index in [1.165, 1.54) is 11.3 Å². The van der Waals surface area contributed by atoms with Crippen molar-refractivity contribution in [3.8, 4) is 0 Å². The molecule has 0 aliphatic rings. The first-order valence-electron chi connectivity index (χ1n) is 5.48. The van der Waals surface area contributed by atoms with Crippen LogP contribution in [-0.4, -0.2) is 5.91 Å². The standard InChI is InChI=1S/C13H10ClF2NOS/c1-7(11-4-5-12(14)19-11)17-13(18)9-3-2-8(15)6-10(9)16/h2-7H,1H3,(H,17,18)/t7-/m1/s1. The fourth-order valence-electron chi connectivity index (χ4n) is 1.58. The molecule has 2 aromatic rings. The molecule has 0 aliphatic heterocycles. The number of carbonyl (C=O) groups is 1. The number of halogens is 3. The van der Waals surface area contributed by atoms with Crippen molar-refractivity contribution in [3.05, 3.63) is 56.7 Å². The molecule has 1 heterocycles. The number of thiophene rings is 1. The van der Waals surface area contributed by atoms with Crippen LogP contribution in [0, 0.1) is 11.6 Å². The molecule has 2 rings (SSSR count). The lowest BCUT2D eigenvalue weighted by Gasteiger charge is -2.12. The predicted octanol–water partition coefficient (Wildman–Crippen LogP) is 4.17. The third-order valence-corrected chi connectivity index (χ3v) is 3.96. The second-order valence-electron chi connectivity index (χ2n) is 3.96. The Bertz CT molecular complexity index is 614. The molecule has 1 atom stereocenters. The van der Waals surface area contributed by atoms with E-state index in [1.54, 1.807) is 19.1 Å². The van der Waals surface area contributed by atoms with Crippen molar-refractivity contribution >= 4 is 28.8 Å². The number of amides is 1. The van der Waals surface area contributed by atoms with Crippen LogP contribution in [0.1, 0.15) is 28.2 Å². The van der Waals surface area contributed by atoms with E-state index in [0.29, 0.717) is 10.4 Å². The summed E-state index contributed by atoms with van der Waals surface area (Å²) in [5.41, 5.74) is -0.184. The Balaban J connectivity index is 2.12. The highest BCUT2D eigenvalue weighted by Gasteiger charge is 2.16. The Morgan fingerprint density at radius 2 is 2.05 bits per heavy atom. The predicted molar refractivity (Wildman–Crippen MR) is 71.6 cm³/mol. The molecular formula is C13H10ClF2NOS. The summed E-state index contributed by atoms with van der Waals surface area (Å²) in [6.45, 7) is 1.77. The van der Waals surface area contributed by atoms with Crippen LogP contribution in [0.25, 0.3) is 0 Å². The van der Waals surface area contributed by atoms with E-state index >= 15 is 0 Å². The van der Waals surface area contributed by atoms with Crippen LogP contribution >= 0.6 is 22.9 Å². The lowest BCUT2D eigenvalue weighted by Crippen LogP contribution is -2.27. The van der Waals surface area contributed by atoms with Crippen LogP contribution in [0.15, 0.2) is 30.3 Å². The summed E-state index contributed by atoms with van der Waals surface area (Å²) in [7, 11) is 0. The van der Waals surface area contributed by atoms with Crippen LogP contribution in [0.5, 0.6) is 0 Å². The van der Waals surface area contributed by atoms with E-state index in [4.69, 9.17) is 11.6 Å². The zero-order valence-electron chi connectivity index (χ0n) is 9.91. The molecule has 0 fully saturated rings. The molecular weight excluding hydrogens is 292 g/mol. The highest BCUT2D eigenvalue weighted by atomic mass is 35.5. The molecule has 0 bridgehead atoms. The summed E-state index contributed by atoms with van der Waals surface area (Å²) < 4.78 is 26.8. The zero-order chi connectivity index (χ0) is 14.0. The quantitative estimate of drug-likeness (QED) is 0.905. The monoisotopic (exact) mass is 301 g/mol. The lowest BCUT2D eigenvalue weighted by atomic mass is 10.1. The summed E-state index contributed by atoms with van der Waals surface area (Å²) >= 11 is 7.14. The van der Waals surface area contributed by atoms with E-state index in [-0.39, 0.29) is 11.6 Å². The summed E-state index contributed by atoms with van der Waals surface area (Å²) in [5.74, 6) is -2.18. The van der Waals surface area contributed by atoms with Gasteiger partial charge in [-0.3, -0.25) is 4.79 Å². The minimum Gasteiger partial charge on any atom is -0.345 e. The first-order chi connectivity index (χ1) is 8.97. The molecule has 6 heteroatoms. The topological polar surface area (TPSA) is 29.1 Å². The maximum absolute atomic E-state index is 13.4. The van der Waals surface area contributed by atoms with Gasteiger partial charge in [-0.05, 0) is 31.2 Å². The normalized spacial score (nSPS) is 12.2. The molecule has 0 unspecified atom stereocenters. The van der Waals surface area contributed by atoms with Gasteiger partial charge < -0.3 is 5.32 Å². The van der Waals surface area contributed by atoms with Gasteiger partial charge in [-0.15, -0.1) is 11.3 Å². The molecule has 1 amide bonds. The van der Waals surface area contributed by atoms with Crippen LogP contribution in [-0.2, 0) is 0 Å². The Kier molecular flexibility index (Phi) is 4.17. The van der Waals surface area contributed by atoms with Crippen molar-refractivity contribution in [1.29, 1.82) is 0 Å². The van der Waals surface area contributed by atoms with Gasteiger partial charge in [0.05, 0.1) is 15.9 Å². The van der Waals surface area contributed by atoms with Gasteiger partial charge in [0.1, 0.15) is 11.6 Å². The summed E-state index contributed by atoms with van der Waals surface area (Å²) in [4.78, 5) is 12.7. The zero-order valence-corrected chi connectivity index (χ0v) is 11.5. The van der Waals surface area contributed by atoms with E-state index in [1.807, 2.05) is 0 Å². The van der Waals surface area contributed by atoms with Crippen LogP contribution in [0.3, 0.4) is 0 Å². The second kappa shape index (κ2) is 5.67. The Morgan fingerprint density at radius 3 is 2.63 bits per heavy atom. The number of nitrogens with one attached hydrogen (secondary N) is 1. The molecule has 19 heavy (non-hydrogen) atoms. The first-order valence-corrected chi connectivity index (χ1v) is 6.68. The minimum atomic E-state index is -0.881. The highest BCUT2D eigenvalue weighted by Crippen LogP contribution is 2.26. The van der Waals surface area contributed by atoms with E-state index in [9.17, 15) is 13.6 Å². The van der Waals surface area contributed by atoms with E-state index in [0.717, 1.165) is 17.0 Å². The lowest BCUT2D eigenvalue weighted by molar-refractivity contribution is 0.0936. The molecule has 100 valence electrons. The number of rotatable bonds is 3. The number of hydrogen-bond donors (Lipinski definition) is 1. The molecule has 1 aromatic carbocycles. The summed E-state index contributed by atoms with van der Waals surface area (Å²) in [6, 6.07) is 6.07.